The van der Waals surface area contributed by atoms with E-state index in [1.165, 1.54) is 12.8 Å². The molecule has 0 spiro atoms. The second-order valence-corrected chi connectivity index (χ2v) is 5.45. The van der Waals surface area contributed by atoms with Gasteiger partial charge in [0.1, 0.15) is 0 Å². The monoisotopic (exact) mass is 447 g/mol. The Labute approximate surface area is 162 Å². The third-order valence-electron chi connectivity index (χ3n) is 3.56. The van der Waals surface area contributed by atoms with Crippen molar-refractivity contribution >= 4 is 35.8 Å². The maximum Gasteiger partial charge on any atom is 0.241 e. The summed E-state index contributed by atoms with van der Waals surface area (Å²) >= 11 is 0. The van der Waals surface area contributed by atoms with E-state index in [0.717, 1.165) is 25.1 Å². The molecule has 24 heavy (non-hydrogen) atoms. The van der Waals surface area contributed by atoms with Crippen LogP contribution >= 0.6 is 24.0 Å². The van der Waals surface area contributed by atoms with E-state index in [4.69, 9.17) is 0 Å². The highest BCUT2D eigenvalue weighted by atomic mass is 127. The second-order valence-electron chi connectivity index (χ2n) is 5.45. The van der Waals surface area contributed by atoms with E-state index < -0.39 is 0 Å². The van der Waals surface area contributed by atoms with Crippen LogP contribution in [-0.2, 0) is 11.2 Å². The fraction of sp³-hybridized carbons (Fsp3) is 0.588. The van der Waals surface area contributed by atoms with Gasteiger partial charge in [-0.05, 0) is 18.6 Å². The molecule has 0 radical (unpaired) electrons. The Morgan fingerprint density at radius 3 is 2.71 bits per heavy atom. The fourth-order valence-corrected chi connectivity index (χ4v) is 2.05. The van der Waals surface area contributed by atoms with Crippen molar-refractivity contribution in [3.8, 4) is 0 Å². The number of amides is 1. The summed E-state index contributed by atoms with van der Waals surface area (Å²) in [6, 6.07) is 5.82. The Kier molecular flexibility index (Phi) is 13.2. The van der Waals surface area contributed by atoms with Crippen LogP contribution in [0.25, 0.3) is 0 Å². The topological polar surface area (TPSA) is 69.6 Å². The lowest BCUT2D eigenvalue weighted by Gasteiger charge is -2.18. The first-order valence-electron chi connectivity index (χ1n) is 8.25. The average molecular weight is 447 g/mol. The van der Waals surface area contributed by atoms with Crippen molar-refractivity contribution in [3.05, 3.63) is 30.1 Å². The number of nitrogens with zero attached hydrogens (tertiary/aromatic N) is 3. The number of rotatable bonds is 9. The number of likely N-dealkylation sites (N-methyl/N-ethyl adjacent to an activating group) is 1. The molecule has 0 bridgehead atoms. The molecule has 7 heteroatoms. The van der Waals surface area contributed by atoms with E-state index >= 15 is 0 Å². The average Bonchev–Trinajstić information content (AvgIpc) is 2.59. The molecule has 0 aromatic carbocycles. The summed E-state index contributed by atoms with van der Waals surface area (Å²) in [5, 5.41) is 6.27. The van der Waals surface area contributed by atoms with E-state index in [1.807, 2.05) is 25.2 Å². The summed E-state index contributed by atoms with van der Waals surface area (Å²) in [4.78, 5) is 22.2. The Balaban J connectivity index is 0.00000529. The van der Waals surface area contributed by atoms with E-state index in [9.17, 15) is 4.79 Å². The van der Waals surface area contributed by atoms with Gasteiger partial charge in [0.2, 0.25) is 5.91 Å². The van der Waals surface area contributed by atoms with Crippen LogP contribution in [0.4, 0.5) is 0 Å². The van der Waals surface area contributed by atoms with Gasteiger partial charge in [-0.3, -0.25) is 14.8 Å². The number of hydrogen-bond donors (Lipinski definition) is 2. The summed E-state index contributed by atoms with van der Waals surface area (Å²) in [5.74, 6) is 0.713. The van der Waals surface area contributed by atoms with Gasteiger partial charge in [-0.15, -0.1) is 24.0 Å². The number of halogens is 1. The van der Waals surface area contributed by atoms with Crippen molar-refractivity contribution in [2.24, 2.45) is 4.99 Å². The minimum Gasteiger partial charge on any atom is -0.356 e. The molecule has 6 nitrogen and oxygen atoms in total. The lowest BCUT2D eigenvalue weighted by Crippen LogP contribution is -2.44. The second kappa shape index (κ2) is 14.0. The lowest BCUT2D eigenvalue weighted by atomic mass is 10.2. The van der Waals surface area contributed by atoms with Crippen molar-refractivity contribution in [1.82, 2.24) is 20.5 Å². The minimum absolute atomic E-state index is 0. The fourth-order valence-electron chi connectivity index (χ4n) is 2.05. The number of nitrogens with one attached hydrogen (secondary N) is 2. The highest BCUT2D eigenvalue weighted by Gasteiger charge is 2.09. The molecule has 1 aromatic heterocycles. The first kappa shape index (κ1) is 22.6. The van der Waals surface area contributed by atoms with Crippen molar-refractivity contribution in [2.75, 3.05) is 33.7 Å². The Hall–Kier alpha value is -1.38. The molecule has 0 unspecified atom stereocenters. The van der Waals surface area contributed by atoms with Crippen LogP contribution in [0.15, 0.2) is 29.4 Å². The van der Waals surface area contributed by atoms with E-state index in [2.05, 4.69) is 27.5 Å². The molecule has 1 aromatic rings. The van der Waals surface area contributed by atoms with Gasteiger partial charge in [-0.2, -0.15) is 0 Å². The molecule has 0 fully saturated rings. The molecule has 1 rings (SSSR count). The summed E-state index contributed by atoms with van der Waals surface area (Å²) in [5.41, 5.74) is 0.994. The van der Waals surface area contributed by atoms with Crippen LogP contribution < -0.4 is 10.6 Å². The van der Waals surface area contributed by atoms with Crippen LogP contribution in [0, 0.1) is 0 Å². The van der Waals surface area contributed by atoms with Gasteiger partial charge in [-0.1, -0.05) is 25.8 Å². The standard InChI is InChI=1S/C17H29N5O.HI/c1-4-5-7-12-20-17(18-2)21-14-16(23)22(3)13-10-15-9-6-8-11-19-15;/h6,8-9,11H,4-5,7,10,12-14H2,1-3H3,(H2,18,20,21);1H. The largest absolute Gasteiger partial charge is 0.356 e. The van der Waals surface area contributed by atoms with Crippen LogP contribution in [0.3, 0.4) is 0 Å². The van der Waals surface area contributed by atoms with Crippen LogP contribution in [0.2, 0.25) is 0 Å². The maximum absolute atomic E-state index is 12.1. The molecule has 0 atom stereocenters. The molecule has 0 saturated heterocycles. The molecule has 0 aliphatic heterocycles. The van der Waals surface area contributed by atoms with E-state index in [0.29, 0.717) is 12.5 Å². The van der Waals surface area contributed by atoms with Gasteiger partial charge in [0, 0.05) is 45.5 Å². The predicted octanol–water partition coefficient (Wildman–Crippen LogP) is 2.06. The molecular weight excluding hydrogens is 417 g/mol. The third-order valence-corrected chi connectivity index (χ3v) is 3.56. The number of aliphatic imine (C=N–C) groups is 1. The number of pyridine rings is 1. The number of carbonyl (C=O) groups excluding carboxylic acids is 1. The number of aromatic nitrogens is 1. The smallest absolute Gasteiger partial charge is 0.241 e. The molecular formula is C17H30IN5O. The van der Waals surface area contributed by atoms with Gasteiger partial charge in [-0.25, -0.2) is 0 Å². The van der Waals surface area contributed by atoms with Crippen molar-refractivity contribution < 1.29 is 4.79 Å². The lowest BCUT2D eigenvalue weighted by molar-refractivity contribution is -0.128. The van der Waals surface area contributed by atoms with Gasteiger partial charge in [0.25, 0.3) is 0 Å². The van der Waals surface area contributed by atoms with Crippen molar-refractivity contribution in [3.63, 3.8) is 0 Å². The summed E-state index contributed by atoms with van der Waals surface area (Å²) in [7, 11) is 3.52. The van der Waals surface area contributed by atoms with Gasteiger partial charge >= 0.3 is 0 Å². The van der Waals surface area contributed by atoms with Crippen LogP contribution in [0.5, 0.6) is 0 Å². The minimum atomic E-state index is 0. The maximum atomic E-state index is 12.1. The number of hydrogen-bond acceptors (Lipinski definition) is 3. The molecule has 1 amide bonds. The molecule has 2 N–H and O–H groups in total. The first-order valence-corrected chi connectivity index (χ1v) is 8.25. The molecule has 0 aliphatic rings. The van der Waals surface area contributed by atoms with Gasteiger partial charge in [0.05, 0.1) is 6.54 Å². The Bertz CT molecular complexity index is 481. The number of guanidine groups is 1. The zero-order valence-corrected chi connectivity index (χ0v) is 17.2. The summed E-state index contributed by atoms with van der Waals surface area (Å²) in [6.07, 6.45) is 6.02. The van der Waals surface area contributed by atoms with Crippen molar-refractivity contribution in [2.45, 2.75) is 32.6 Å². The highest BCUT2D eigenvalue weighted by Crippen LogP contribution is 1.96. The third kappa shape index (κ3) is 9.69. The quantitative estimate of drug-likeness (QED) is 0.263. The first-order chi connectivity index (χ1) is 11.2. The molecule has 0 aliphatic carbocycles. The Morgan fingerprint density at radius 1 is 1.29 bits per heavy atom. The van der Waals surface area contributed by atoms with Crippen LogP contribution in [-0.4, -0.2) is 55.5 Å². The molecule has 136 valence electrons. The molecule has 0 saturated carbocycles. The predicted molar refractivity (Wildman–Crippen MR) is 110 cm³/mol. The Morgan fingerprint density at radius 2 is 2.08 bits per heavy atom. The van der Waals surface area contributed by atoms with Crippen LogP contribution in [0.1, 0.15) is 31.9 Å². The summed E-state index contributed by atoms with van der Waals surface area (Å²) in [6.45, 7) is 3.94. The van der Waals surface area contributed by atoms with Gasteiger partial charge in [0.15, 0.2) is 5.96 Å². The zero-order chi connectivity index (χ0) is 16.9. The summed E-state index contributed by atoms with van der Waals surface area (Å²) < 4.78 is 0. The number of unbranched alkanes of at least 4 members (excludes halogenated alkanes) is 2. The van der Waals surface area contributed by atoms with Crippen molar-refractivity contribution in [1.29, 1.82) is 0 Å². The zero-order valence-electron chi connectivity index (χ0n) is 14.9. The molecule has 1 heterocycles. The number of carbonyl (C=O) groups is 1. The van der Waals surface area contributed by atoms with E-state index in [-0.39, 0.29) is 36.4 Å². The SMILES string of the molecule is CCCCCNC(=NC)NCC(=O)N(C)CCc1ccccn1.I. The van der Waals surface area contributed by atoms with Gasteiger partial charge < -0.3 is 15.5 Å². The normalized spacial score (nSPS) is 10.7. The van der Waals surface area contributed by atoms with E-state index in [1.54, 1.807) is 18.1 Å². The highest BCUT2D eigenvalue weighted by molar-refractivity contribution is 14.0.